The maximum atomic E-state index is 12.9. The summed E-state index contributed by atoms with van der Waals surface area (Å²) >= 11 is 0. The van der Waals surface area contributed by atoms with Crippen LogP contribution in [0.4, 0.5) is 0 Å². The number of pyridine rings is 1. The summed E-state index contributed by atoms with van der Waals surface area (Å²) in [6.07, 6.45) is 6.18. The van der Waals surface area contributed by atoms with Crippen LogP contribution in [0, 0.1) is 0 Å². The lowest BCUT2D eigenvalue weighted by Gasteiger charge is -2.43. The molecule has 1 amide bonds. The minimum atomic E-state index is -0.0926. The molecular weight excluding hydrogens is 320 g/mol. The third kappa shape index (κ3) is 3.26. The first-order valence-corrected chi connectivity index (χ1v) is 8.89. The van der Waals surface area contributed by atoms with Gasteiger partial charge in [0.25, 0.3) is 11.5 Å². The molecular formula is C19H22N2O4. The number of ether oxygens (including phenoxy) is 1. The molecule has 0 aromatic carbocycles. The number of fused-ring (bicyclic) bond motifs is 1. The molecule has 0 bridgehead atoms. The second-order valence-electron chi connectivity index (χ2n) is 6.69. The Morgan fingerprint density at radius 1 is 1.16 bits per heavy atom. The highest BCUT2D eigenvalue weighted by molar-refractivity contribution is 5.91. The number of rotatable bonds is 3. The number of furan rings is 1. The largest absolute Gasteiger partial charge is 0.454 e. The van der Waals surface area contributed by atoms with Crippen molar-refractivity contribution in [2.45, 2.75) is 44.4 Å². The SMILES string of the molecule is O=C(c1ccc(Cn2ccccc2=O)o1)N1CCO[C@@H]2CCCC[C@H]21. The number of amides is 1. The first-order valence-electron chi connectivity index (χ1n) is 8.89. The summed E-state index contributed by atoms with van der Waals surface area (Å²) in [4.78, 5) is 26.6. The predicted octanol–water partition coefficient (Wildman–Crippen LogP) is 2.27. The maximum absolute atomic E-state index is 12.9. The Bertz CT molecular complexity index is 808. The van der Waals surface area contributed by atoms with Gasteiger partial charge in [0.15, 0.2) is 5.76 Å². The van der Waals surface area contributed by atoms with Crippen molar-refractivity contribution in [1.82, 2.24) is 9.47 Å². The molecule has 2 aliphatic rings. The number of carbonyl (C=O) groups is 1. The zero-order valence-corrected chi connectivity index (χ0v) is 14.1. The van der Waals surface area contributed by atoms with Crippen molar-refractivity contribution in [2.24, 2.45) is 0 Å². The Balaban J connectivity index is 1.50. The van der Waals surface area contributed by atoms with Gasteiger partial charge in [0.1, 0.15) is 5.76 Å². The van der Waals surface area contributed by atoms with E-state index in [9.17, 15) is 9.59 Å². The fourth-order valence-corrected chi connectivity index (χ4v) is 3.83. The lowest BCUT2D eigenvalue weighted by molar-refractivity contribution is -0.0759. The lowest BCUT2D eigenvalue weighted by Crippen LogP contribution is -2.54. The highest BCUT2D eigenvalue weighted by Gasteiger charge is 2.37. The van der Waals surface area contributed by atoms with E-state index in [1.54, 1.807) is 35.0 Å². The van der Waals surface area contributed by atoms with Crippen molar-refractivity contribution in [3.8, 4) is 0 Å². The van der Waals surface area contributed by atoms with Gasteiger partial charge in [-0.15, -0.1) is 0 Å². The fourth-order valence-electron chi connectivity index (χ4n) is 3.83. The maximum Gasteiger partial charge on any atom is 0.289 e. The van der Waals surface area contributed by atoms with E-state index in [0.717, 1.165) is 19.3 Å². The Kier molecular flexibility index (Phi) is 4.44. The normalized spacial score (nSPS) is 23.3. The van der Waals surface area contributed by atoms with Gasteiger partial charge in [-0.05, 0) is 31.0 Å². The minimum absolute atomic E-state index is 0.0770. The van der Waals surface area contributed by atoms with Crippen LogP contribution in [0.25, 0.3) is 0 Å². The Morgan fingerprint density at radius 3 is 2.92 bits per heavy atom. The molecule has 3 heterocycles. The van der Waals surface area contributed by atoms with Gasteiger partial charge in [-0.25, -0.2) is 0 Å². The summed E-state index contributed by atoms with van der Waals surface area (Å²) in [5.41, 5.74) is -0.0926. The third-order valence-corrected chi connectivity index (χ3v) is 5.09. The van der Waals surface area contributed by atoms with Gasteiger partial charge in [-0.2, -0.15) is 0 Å². The van der Waals surface area contributed by atoms with Gasteiger partial charge in [0.2, 0.25) is 0 Å². The van der Waals surface area contributed by atoms with Crippen LogP contribution in [0.1, 0.15) is 42.0 Å². The Morgan fingerprint density at radius 2 is 2.04 bits per heavy atom. The van der Waals surface area contributed by atoms with Crippen LogP contribution in [-0.2, 0) is 11.3 Å². The molecule has 2 aromatic rings. The van der Waals surface area contributed by atoms with Crippen molar-refractivity contribution in [3.63, 3.8) is 0 Å². The zero-order chi connectivity index (χ0) is 17.2. The van der Waals surface area contributed by atoms with Crippen molar-refractivity contribution in [2.75, 3.05) is 13.2 Å². The molecule has 0 spiro atoms. The summed E-state index contributed by atoms with van der Waals surface area (Å²) in [6.45, 7) is 1.51. The van der Waals surface area contributed by atoms with Crippen molar-refractivity contribution < 1.29 is 13.9 Å². The van der Waals surface area contributed by atoms with Gasteiger partial charge in [-0.3, -0.25) is 9.59 Å². The van der Waals surface area contributed by atoms with E-state index in [-0.39, 0.29) is 23.6 Å². The van der Waals surface area contributed by atoms with Crippen LogP contribution in [0.5, 0.6) is 0 Å². The lowest BCUT2D eigenvalue weighted by atomic mass is 9.90. The summed E-state index contributed by atoms with van der Waals surface area (Å²) in [5.74, 6) is 0.863. The van der Waals surface area contributed by atoms with Crippen molar-refractivity contribution in [1.29, 1.82) is 0 Å². The molecule has 2 atom stereocenters. The van der Waals surface area contributed by atoms with Gasteiger partial charge in [0.05, 0.1) is 25.3 Å². The molecule has 6 heteroatoms. The molecule has 4 rings (SSSR count). The summed E-state index contributed by atoms with van der Waals surface area (Å²) < 4.78 is 13.1. The number of aromatic nitrogens is 1. The molecule has 132 valence electrons. The predicted molar refractivity (Wildman–Crippen MR) is 91.5 cm³/mol. The van der Waals surface area contributed by atoms with Crippen molar-refractivity contribution in [3.05, 3.63) is 58.4 Å². The Hall–Kier alpha value is -2.34. The first-order chi connectivity index (χ1) is 12.2. The molecule has 0 unspecified atom stereocenters. The van der Waals surface area contributed by atoms with Crippen molar-refractivity contribution >= 4 is 5.91 Å². The van der Waals surface area contributed by atoms with Gasteiger partial charge in [0, 0.05) is 18.8 Å². The number of morpholine rings is 1. The molecule has 0 N–H and O–H groups in total. The molecule has 2 fully saturated rings. The smallest absolute Gasteiger partial charge is 0.289 e. The van der Waals surface area contributed by atoms with Crippen LogP contribution < -0.4 is 5.56 Å². The molecule has 1 aliphatic carbocycles. The average molecular weight is 342 g/mol. The monoisotopic (exact) mass is 342 g/mol. The quantitative estimate of drug-likeness (QED) is 0.858. The molecule has 2 aromatic heterocycles. The van der Waals surface area contributed by atoms with E-state index in [1.165, 1.54) is 12.5 Å². The number of hydrogen-bond donors (Lipinski definition) is 0. The van der Waals surface area contributed by atoms with E-state index in [2.05, 4.69) is 0 Å². The number of nitrogens with zero attached hydrogens (tertiary/aromatic N) is 2. The molecule has 0 radical (unpaired) electrons. The summed E-state index contributed by atoms with van der Waals surface area (Å²) in [6, 6.07) is 8.64. The van der Waals surface area contributed by atoms with E-state index in [0.29, 0.717) is 31.2 Å². The van der Waals surface area contributed by atoms with E-state index in [4.69, 9.17) is 9.15 Å². The molecule has 1 aliphatic heterocycles. The van der Waals surface area contributed by atoms with E-state index < -0.39 is 0 Å². The molecule has 1 saturated carbocycles. The van der Waals surface area contributed by atoms with Gasteiger partial charge in [-0.1, -0.05) is 18.9 Å². The zero-order valence-electron chi connectivity index (χ0n) is 14.1. The van der Waals surface area contributed by atoms with Gasteiger partial charge >= 0.3 is 0 Å². The molecule has 1 saturated heterocycles. The summed E-state index contributed by atoms with van der Waals surface area (Å²) in [5, 5.41) is 0. The average Bonchev–Trinajstić information content (AvgIpc) is 3.11. The fraction of sp³-hybridized carbons (Fsp3) is 0.474. The van der Waals surface area contributed by atoms with E-state index in [1.807, 2.05) is 4.90 Å². The van der Waals surface area contributed by atoms with E-state index >= 15 is 0 Å². The minimum Gasteiger partial charge on any atom is -0.454 e. The first kappa shape index (κ1) is 16.1. The highest BCUT2D eigenvalue weighted by atomic mass is 16.5. The number of carbonyl (C=O) groups excluding carboxylic acids is 1. The second kappa shape index (κ2) is 6.88. The van der Waals surface area contributed by atoms with Crippen LogP contribution >= 0.6 is 0 Å². The highest BCUT2D eigenvalue weighted by Crippen LogP contribution is 2.29. The molecule has 6 nitrogen and oxygen atoms in total. The standard InChI is InChI=1S/C19H22N2O4/c22-18-7-3-4-10-20(18)13-14-8-9-17(25-14)19(23)21-11-12-24-16-6-2-1-5-15(16)21/h3-4,7-10,15-16H,1-2,5-6,11-13H2/t15-,16-/m1/s1. The molecule has 25 heavy (non-hydrogen) atoms. The van der Waals surface area contributed by atoms with Crippen LogP contribution in [0.2, 0.25) is 0 Å². The number of hydrogen-bond acceptors (Lipinski definition) is 4. The summed E-state index contributed by atoms with van der Waals surface area (Å²) in [7, 11) is 0. The van der Waals surface area contributed by atoms with Crippen LogP contribution in [0.15, 0.2) is 45.7 Å². The second-order valence-corrected chi connectivity index (χ2v) is 6.69. The van der Waals surface area contributed by atoms with Gasteiger partial charge < -0.3 is 18.6 Å². The Labute approximate surface area is 146 Å². The van der Waals surface area contributed by atoms with Crippen LogP contribution in [0.3, 0.4) is 0 Å². The van der Waals surface area contributed by atoms with Crippen LogP contribution in [-0.4, -0.2) is 40.7 Å². The third-order valence-electron chi connectivity index (χ3n) is 5.09. The topological polar surface area (TPSA) is 64.7 Å².